The lowest BCUT2D eigenvalue weighted by Crippen LogP contribution is -2.12. The zero-order valence-corrected chi connectivity index (χ0v) is 11.6. The quantitative estimate of drug-likeness (QED) is 0.881. The molecular formula is C14H13BrN2O. The van der Waals surface area contributed by atoms with Crippen molar-refractivity contribution in [3.8, 4) is 0 Å². The lowest BCUT2D eigenvalue weighted by molar-refractivity contribution is 0.102. The van der Waals surface area contributed by atoms with E-state index in [1.807, 2.05) is 43.3 Å². The number of aryl methyl sites for hydroxylation is 1. The van der Waals surface area contributed by atoms with E-state index in [1.54, 1.807) is 6.20 Å². The van der Waals surface area contributed by atoms with Gasteiger partial charge in [-0.15, -0.1) is 0 Å². The molecule has 2 aromatic rings. The second-order valence-corrected chi connectivity index (χ2v) is 4.56. The first-order chi connectivity index (χ1) is 8.69. The number of halogens is 1. The monoisotopic (exact) mass is 304 g/mol. The van der Waals surface area contributed by atoms with Crippen LogP contribution in [0.3, 0.4) is 0 Å². The molecule has 0 spiro atoms. The van der Waals surface area contributed by atoms with Gasteiger partial charge in [-0.3, -0.25) is 4.79 Å². The fraction of sp³-hybridized carbons (Fsp3) is 0.143. The Balaban J connectivity index is 2.11. The third-order valence-corrected chi connectivity index (χ3v) is 3.17. The number of aromatic nitrogens is 1. The van der Waals surface area contributed by atoms with Crippen LogP contribution in [-0.2, 0) is 5.33 Å². The lowest BCUT2D eigenvalue weighted by Gasteiger charge is -2.05. The van der Waals surface area contributed by atoms with Crippen LogP contribution in [0.25, 0.3) is 0 Å². The number of hydrogen-bond donors (Lipinski definition) is 1. The van der Waals surface area contributed by atoms with Gasteiger partial charge < -0.3 is 5.32 Å². The number of anilines is 1. The predicted octanol–water partition coefficient (Wildman–Crippen LogP) is 3.54. The van der Waals surface area contributed by atoms with Crippen molar-refractivity contribution >= 4 is 27.7 Å². The van der Waals surface area contributed by atoms with E-state index in [0.717, 1.165) is 16.5 Å². The van der Waals surface area contributed by atoms with Gasteiger partial charge in [-0.1, -0.05) is 28.1 Å². The number of amides is 1. The Hall–Kier alpha value is -1.68. The van der Waals surface area contributed by atoms with Crippen molar-refractivity contribution in [3.05, 3.63) is 59.3 Å². The van der Waals surface area contributed by atoms with E-state index in [4.69, 9.17) is 0 Å². The molecule has 0 aliphatic rings. The SMILES string of the molecule is Cc1ccnc(NC(=O)c2ccc(CBr)cc2)c1. The summed E-state index contributed by atoms with van der Waals surface area (Å²) in [7, 11) is 0. The predicted molar refractivity (Wildman–Crippen MR) is 76.0 cm³/mol. The highest BCUT2D eigenvalue weighted by Gasteiger charge is 2.06. The molecule has 0 fully saturated rings. The molecule has 0 saturated heterocycles. The highest BCUT2D eigenvalue weighted by atomic mass is 79.9. The van der Waals surface area contributed by atoms with Crippen LogP contribution < -0.4 is 5.32 Å². The maximum Gasteiger partial charge on any atom is 0.256 e. The summed E-state index contributed by atoms with van der Waals surface area (Å²) in [6.45, 7) is 1.96. The molecule has 0 aliphatic heterocycles. The zero-order chi connectivity index (χ0) is 13.0. The van der Waals surface area contributed by atoms with E-state index >= 15 is 0 Å². The summed E-state index contributed by atoms with van der Waals surface area (Å²) in [5, 5.41) is 3.56. The van der Waals surface area contributed by atoms with E-state index in [0.29, 0.717) is 11.4 Å². The Morgan fingerprint density at radius 1 is 1.28 bits per heavy atom. The number of rotatable bonds is 3. The molecule has 0 atom stereocenters. The molecular weight excluding hydrogens is 292 g/mol. The maximum absolute atomic E-state index is 12.0. The highest BCUT2D eigenvalue weighted by molar-refractivity contribution is 9.08. The first-order valence-electron chi connectivity index (χ1n) is 5.58. The van der Waals surface area contributed by atoms with E-state index < -0.39 is 0 Å². The summed E-state index contributed by atoms with van der Waals surface area (Å²) in [6.07, 6.45) is 1.68. The van der Waals surface area contributed by atoms with Crippen molar-refractivity contribution in [2.24, 2.45) is 0 Å². The van der Waals surface area contributed by atoms with Gasteiger partial charge >= 0.3 is 0 Å². The third kappa shape index (κ3) is 3.17. The summed E-state index contributed by atoms with van der Waals surface area (Å²) in [6, 6.07) is 11.2. The molecule has 1 aromatic heterocycles. The number of hydrogen-bond acceptors (Lipinski definition) is 2. The Morgan fingerprint density at radius 3 is 2.61 bits per heavy atom. The summed E-state index contributed by atoms with van der Waals surface area (Å²) in [5.41, 5.74) is 2.83. The molecule has 1 amide bonds. The standard InChI is InChI=1S/C14H13BrN2O/c1-10-6-7-16-13(8-10)17-14(18)12-4-2-11(9-15)3-5-12/h2-8H,9H2,1H3,(H,16,17,18). The van der Waals surface area contributed by atoms with Gasteiger partial charge in [0.05, 0.1) is 0 Å². The molecule has 0 bridgehead atoms. The van der Waals surface area contributed by atoms with E-state index in [2.05, 4.69) is 26.2 Å². The number of nitrogens with one attached hydrogen (secondary N) is 1. The van der Waals surface area contributed by atoms with Gasteiger partial charge in [0.1, 0.15) is 5.82 Å². The van der Waals surface area contributed by atoms with Crippen molar-refractivity contribution < 1.29 is 4.79 Å². The van der Waals surface area contributed by atoms with Crippen molar-refractivity contribution in [2.75, 3.05) is 5.32 Å². The molecule has 1 heterocycles. The van der Waals surface area contributed by atoms with Crippen LogP contribution in [0.5, 0.6) is 0 Å². The van der Waals surface area contributed by atoms with Gasteiger partial charge in [0.25, 0.3) is 5.91 Å². The zero-order valence-electron chi connectivity index (χ0n) is 9.98. The van der Waals surface area contributed by atoms with Crippen LogP contribution in [0.2, 0.25) is 0 Å². The number of carbonyl (C=O) groups is 1. The van der Waals surface area contributed by atoms with Gasteiger partial charge in [-0.2, -0.15) is 0 Å². The van der Waals surface area contributed by atoms with Crippen LogP contribution >= 0.6 is 15.9 Å². The van der Waals surface area contributed by atoms with Crippen LogP contribution in [0.15, 0.2) is 42.6 Å². The molecule has 1 N–H and O–H groups in total. The maximum atomic E-state index is 12.0. The number of benzene rings is 1. The molecule has 0 unspecified atom stereocenters. The molecule has 0 saturated carbocycles. The van der Waals surface area contributed by atoms with E-state index in [9.17, 15) is 4.79 Å². The van der Waals surface area contributed by atoms with Crippen molar-refractivity contribution in [1.82, 2.24) is 4.98 Å². The minimum atomic E-state index is -0.144. The topological polar surface area (TPSA) is 42.0 Å². The van der Waals surface area contributed by atoms with E-state index in [-0.39, 0.29) is 5.91 Å². The largest absolute Gasteiger partial charge is 0.307 e. The van der Waals surface area contributed by atoms with Gasteiger partial charge in [0.2, 0.25) is 0 Å². The number of carbonyl (C=O) groups excluding carboxylic acids is 1. The Kier molecular flexibility index (Phi) is 4.10. The average molecular weight is 305 g/mol. The average Bonchev–Trinajstić information content (AvgIpc) is 2.39. The van der Waals surface area contributed by atoms with Gasteiger partial charge in [0.15, 0.2) is 0 Å². The first kappa shape index (κ1) is 12.8. The van der Waals surface area contributed by atoms with Gasteiger partial charge in [-0.25, -0.2) is 4.98 Å². The van der Waals surface area contributed by atoms with Crippen molar-refractivity contribution in [2.45, 2.75) is 12.3 Å². The number of pyridine rings is 1. The fourth-order valence-electron chi connectivity index (χ4n) is 1.54. The van der Waals surface area contributed by atoms with Crippen molar-refractivity contribution in [1.29, 1.82) is 0 Å². The minimum absolute atomic E-state index is 0.144. The second-order valence-electron chi connectivity index (χ2n) is 4.00. The van der Waals surface area contributed by atoms with Crippen LogP contribution in [0.4, 0.5) is 5.82 Å². The summed E-state index contributed by atoms with van der Waals surface area (Å²) < 4.78 is 0. The molecule has 0 aliphatic carbocycles. The molecule has 92 valence electrons. The van der Waals surface area contributed by atoms with Gasteiger partial charge in [-0.05, 0) is 42.3 Å². The van der Waals surface area contributed by atoms with Crippen molar-refractivity contribution in [3.63, 3.8) is 0 Å². The summed E-state index contributed by atoms with van der Waals surface area (Å²) in [4.78, 5) is 16.1. The molecule has 18 heavy (non-hydrogen) atoms. The minimum Gasteiger partial charge on any atom is -0.307 e. The Bertz CT molecular complexity index is 552. The van der Waals surface area contributed by atoms with Crippen LogP contribution in [-0.4, -0.2) is 10.9 Å². The second kappa shape index (κ2) is 5.78. The molecule has 3 nitrogen and oxygen atoms in total. The lowest BCUT2D eigenvalue weighted by atomic mass is 10.1. The number of alkyl halides is 1. The summed E-state index contributed by atoms with van der Waals surface area (Å²) in [5.74, 6) is 0.429. The van der Waals surface area contributed by atoms with Gasteiger partial charge in [0, 0.05) is 17.1 Å². The van der Waals surface area contributed by atoms with Crippen LogP contribution in [0.1, 0.15) is 21.5 Å². The highest BCUT2D eigenvalue weighted by Crippen LogP contribution is 2.11. The van der Waals surface area contributed by atoms with E-state index in [1.165, 1.54) is 0 Å². The Labute approximate surface area is 114 Å². The normalized spacial score (nSPS) is 10.1. The first-order valence-corrected chi connectivity index (χ1v) is 6.70. The molecule has 2 rings (SSSR count). The van der Waals surface area contributed by atoms with Crippen LogP contribution in [0, 0.1) is 6.92 Å². The smallest absolute Gasteiger partial charge is 0.256 e. The Morgan fingerprint density at radius 2 is 2.00 bits per heavy atom. The third-order valence-electron chi connectivity index (χ3n) is 2.53. The molecule has 0 radical (unpaired) electrons. The molecule has 4 heteroatoms. The number of nitrogens with zero attached hydrogens (tertiary/aromatic N) is 1. The fourth-order valence-corrected chi connectivity index (χ4v) is 1.91. The molecule has 1 aromatic carbocycles. The summed E-state index contributed by atoms with van der Waals surface area (Å²) >= 11 is 3.37.